The second-order valence-corrected chi connectivity index (χ2v) is 7.04. The average Bonchev–Trinajstić information content (AvgIpc) is 3.26. The summed E-state index contributed by atoms with van der Waals surface area (Å²) in [5.74, 6) is 0.306. The van der Waals surface area contributed by atoms with Gasteiger partial charge in [0.15, 0.2) is 0 Å². The molecule has 4 rings (SSSR count). The molecule has 1 saturated heterocycles. The zero-order valence-corrected chi connectivity index (χ0v) is 16.1. The van der Waals surface area contributed by atoms with Crippen LogP contribution in [0.5, 0.6) is 0 Å². The molecular formula is C22H22N4O3. The highest BCUT2D eigenvalue weighted by Crippen LogP contribution is 2.30. The largest absolute Gasteiger partial charge is 0.463 e. The van der Waals surface area contributed by atoms with Crippen LogP contribution in [0.25, 0.3) is 10.9 Å². The summed E-state index contributed by atoms with van der Waals surface area (Å²) in [7, 11) is 0. The number of benzene rings is 2. The number of carbonyl (C=O) groups excluding carboxylic acids is 1. The number of nitrogens with one attached hydrogen (secondary N) is 1. The van der Waals surface area contributed by atoms with Gasteiger partial charge in [0.1, 0.15) is 5.82 Å². The van der Waals surface area contributed by atoms with E-state index in [1.807, 2.05) is 31.2 Å². The van der Waals surface area contributed by atoms with Gasteiger partial charge in [-0.3, -0.25) is 10.2 Å². The monoisotopic (exact) mass is 390 g/mol. The number of para-hydroxylation sites is 2. The van der Waals surface area contributed by atoms with Gasteiger partial charge >= 0.3 is 6.09 Å². The molecule has 0 bridgehead atoms. The lowest BCUT2D eigenvalue weighted by Crippen LogP contribution is -2.46. The number of nitrogens with zero attached hydrogens (tertiary/aromatic N) is 3. The van der Waals surface area contributed by atoms with Crippen molar-refractivity contribution in [1.29, 1.82) is 0 Å². The maximum Gasteiger partial charge on any atom is 0.431 e. The summed E-state index contributed by atoms with van der Waals surface area (Å²) in [5, 5.41) is 11.2. The van der Waals surface area contributed by atoms with Crippen LogP contribution in [0.2, 0.25) is 0 Å². The summed E-state index contributed by atoms with van der Waals surface area (Å²) in [5.41, 5.74) is 4.82. The minimum atomic E-state index is -1.26. The van der Waals surface area contributed by atoms with Gasteiger partial charge in [0, 0.05) is 24.0 Å². The molecule has 1 fully saturated rings. The summed E-state index contributed by atoms with van der Waals surface area (Å²) in [6.45, 7) is 3.67. The predicted molar refractivity (Wildman–Crippen MR) is 112 cm³/mol. The molecule has 1 aromatic heterocycles. The van der Waals surface area contributed by atoms with Gasteiger partial charge in [-0.15, -0.1) is 0 Å². The van der Waals surface area contributed by atoms with Gasteiger partial charge in [-0.1, -0.05) is 36.4 Å². The third-order valence-electron chi connectivity index (χ3n) is 5.16. The fourth-order valence-corrected chi connectivity index (χ4v) is 3.78. The lowest BCUT2D eigenvalue weighted by atomic mass is 10.0. The van der Waals surface area contributed by atoms with Gasteiger partial charge in [-0.25, -0.2) is 9.78 Å². The summed E-state index contributed by atoms with van der Waals surface area (Å²) < 4.78 is 0. The van der Waals surface area contributed by atoms with Crippen molar-refractivity contribution in [3.05, 3.63) is 65.7 Å². The molecule has 7 heteroatoms. The highest BCUT2D eigenvalue weighted by Gasteiger charge is 2.25. The molecular weight excluding hydrogens is 368 g/mol. The van der Waals surface area contributed by atoms with Crippen molar-refractivity contribution < 1.29 is 14.7 Å². The highest BCUT2D eigenvalue weighted by atomic mass is 16.4. The number of carbonyl (C=O) groups is 2. The zero-order valence-electron chi connectivity index (χ0n) is 16.1. The molecule has 148 valence electrons. The Balaban J connectivity index is 1.78. The quantitative estimate of drug-likeness (QED) is 0.661. The summed E-state index contributed by atoms with van der Waals surface area (Å²) in [4.78, 5) is 32.0. The molecule has 2 N–H and O–H groups in total. The Kier molecular flexibility index (Phi) is 5.03. The van der Waals surface area contributed by atoms with Crippen molar-refractivity contribution in [2.75, 3.05) is 23.0 Å². The molecule has 29 heavy (non-hydrogen) atoms. The van der Waals surface area contributed by atoms with Gasteiger partial charge in [-0.2, -0.15) is 5.01 Å². The van der Waals surface area contributed by atoms with E-state index in [0.717, 1.165) is 42.3 Å². The standard InChI is InChI=1S/C22H22N4O3/c1-15-19(21(27)24-26(22(28)29)16-9-3-2-4-10-16)17-11-5-6-12-18(17)23-20(15)25-13-7-8-14-25/h2-6,9-12H,7-8,13-14H2,1H3,(H,24,27)(H,28,29). The van der Waals surface area contributed by atoms with Gasteiger partial charge in [0.2, 0.25) is 0 Å². The van der Waals surface area contributed by atoms with Crippen molar-refractivity contribution in [3.63, 3.8) is 0 Å². The zero-order chi connectivity index (χ0) is 20.4. The van der Waals surface area contributed by atoms with Crippen LogP contribution < -0.4 is 15.3 Å². The van der Waals surface area contributed by atoms with E-state index < -0.39 is 12.0 Å². The van der Waals surface area contributed by atoms with Gasteiger partial charge in [0.05, 0.1) is 16.8 Å². The Hall–Kier alpha value is -3.61. The molecule has 0 radical (unpaired) electrons. The van der Waals surface area contributed by atoms with Crippen LogP contribution in [0.3, 0.4) is 0 Å². The first kappa shape index (κ1) is 18.7. The number of hydrogen-bond acceptors (Lipinski definition) is 4. The Bertz CT molecular complexity index is 1060. The van der Waals surface area contributed by atoms with E-state index in [1.165, 1.54) is 0 Å². The SMILES string of the molecule is Cc1c(N2CCCC2)nc2ccccc2c1C(=O)NN(C(=O)O)c1ccccc1. The minimum Gasteiger partial charge on any atom is -0.463 e. The molecule has 0 unspecified atom stereocenters. The van der Waals surface area contributed by atoms with Crippen LogP contribution in [-0.4, -0.2) is 35.2 Å². The second-order valence-electron chi connectivity index (χ2n) is 7.04. The highest BCUT2D eigenvalue weighted by molar-refractivity contribution is 6.10. The number of aromatic nitrogens is 1. The van der Waals surface area contributed by atoms with E-state index in [0.29, 0.717) is 22.2 Å². The molecule has 0 aliphatic carbocycles. The number of anilines is 2. The average molecular weight is 390 g/mol. The number of rotatable bonds is 3. The fraction of sp³-hybridized carbons (Fsp3) is 0.227. The third kappa shape index (κ3) is 3.59. The molecule has 7 nitrogen and oxygen atoms in total. The number of pyridine rings is 1. The molecule has 3 aromatic rings. The van der Waals surface area contributed by atoms with Crippen LogP contribution in [-0.2, 0) is 0 Å². The van der Waals surface area contributed by atoms with E-state index in [9.17, 15) is 14.7 Å². The van der Waals surface area contributed by atoms with Crippen molar-refractivity contribution in [1.82, 2.24) is 10.4 Å². The number of hydrogen-bond donors (Lipinski definition) is 2. The van der Waals surface area contributed by atoms with Crippen LogP contribution >= 0.6 is 0 Å². The normalized spacial score (nSPS) is 13.5. The smallest absolute Gasteiger partial charge is 0.431 e. The van der Waals surface area contributed by atoms with Crippen molar-refractivity contribution in [2.24, 2.45) is 0 Å². The Morgan fingerprint density at radius 3 is 2.38 bits per heavy atom. The summed E-state index contributed by atoms with van der Waals surface area (Å²) in [6.07, 6.45) is 0.923. The van der Waals surface area contributed by atoms with Gasteiger partial charge in [-0.05, 0) is 38.0 Å². The first-order valence-electron chi connectivity index (χ1n) is 9.59. The fourth-order valence-electron chi connectivity index (χ4n) is 3.78. The Morgan fingerprint density at radius 1 is 1.03 bits per heavy atom. The molecule has 1 aliphatic heterocycles. The topological polar surface area (TPSA) is 85.8 Å². The lowest BCUT2D eigenvalue weighted by Gasteiger charge is -2.24. The van der Waals surface area contributed by atoms with Crippen molar-refractivity contribution in [2.45, 2.75) is 19.8 Å². The molecule has 2 heterocycles. The number of hydrazine groups is 1. The summed E-state index contributed by atoms with van der Waals surface area (Å²) >= 11 is 0. The van der Waals surface area contributed by atoms with E-state index >= 15 is 0 Å². The predicted octanol–water partition coefficient (Wildman–Crippen LogP) is 3.97. The number of amides is 2. The first-order chi connectivity index (χ1) is 14.1. The Morgan fingerprint density at radius 2 is 1.69 bits per heavy atom. The first-order valence-corrected chi connectivity index (χ1v) is 9.59. The number of fused-ring (bicyclic) bond motifs is 1. The Labute approximate surface area is 168 Å². The van der Waals surface area contributed by atoms with Gasteiger partial charge in [0.25, 0.3) is 5.91 Å². The second kappa shape index (κ2) is 7.79. The van der Waals surface area contributed by atoms with E-state index in [2.05, 4.69) is 10.3 Å². The van der Waals surface area contributed by atoms with Crippen LogP contribution in [0.15, 0.2) is 54.6 Å². The van der Waals surface area contributed by atoms with E-state index in [4.69, 9.17) is 4.98 Å². The third-order valence-corrected chi connectivity index (χ3v) is 5.16. The molecule has 2 amide bonds. The van der Waals surface area contributed by atoms with Gasteiger partial charge < -0.3 is 10.0 Å². The molecule has 1 aliphatic rings. The van der Waals surface area contributed by atoms with Crippen LogP contribution in [0.1, 0.15) is 28.8 Å². The lowest BCUT2D eigenvalue weighted by molar-refractivity contribution is 0.0945. The van der Waals surface area contributed by atoms with E-state index in [1.54, 1.807) is 30.3 Å². The minimum absolute atomic E-state index is 0.365. The molecule has 0 atom stereocenters. The van der Waals surface area contributed by atoms with Crippen molar-refractivity contribution >= 4 is 34.4 Å². The maximum atomic E-state index is 13.3. The number of carboxylic acid groups (broad SMARTS) is 1. The maximum absolute atomic E-state index is 13.3. The van der Waals surface area contributed by atoms with Crippen LogP contribution in [0.4, 0.5) is 16.3 Å². The van der Waals surface area contributed by atoms with E-state index in [-0.39, 0.29) is 0 Å². The molecule has 0 spiro atoms. The molecule has 2 aromatic carbocycles. The summed E-state index contributed by atoms with van der Waals surface area (Å²) in [6, 6.07) is 15.9. The van der Waals surface area contributed by atoms with Crippen molar-refractivity contribution in [3.8, 4) is 0 Å². The van der Waals surface area contributed by atoms with Crippen LogP contribution in [0, 0.1) is 6.92 Å². The molecule has 0 saturated carbocycles.